The number of anilines is 2. The molecule has 0 aliphatic carbocycles. The number of carbonyl (C=O) groups excluding carboxylic acids is 1. The Labute approximate surface area is 141 Å². The number of amides is 2. The lowest BCUT2D eigenvalue weighted by Crippen LogP contribution is -2.36. The molecule has 0 bridgehead atoms. The zero-order valence-electron chi connectivity index (χ0n) is 13.6. The third-order valence-electron chi connectivity index (χ3n) is 3.82. The lowest BCUT2D eigenvalue weighted by atomic mass is 10.2. The fourth-order valence-corrected chi connectivity index (χ4v) is 2.51. The van der Waals surface area contributed by atoms with Gasteiger partial charge in [-0.25, -0.2) is 9.78 Å². The van der Waals surface area contributed by atoms with Gasteiger partial charge in [0.1, 0.15) is 5.82 Å². The van der Waals surface area contributed by atoms with Gasteiger partial charge in [-0.15, -0.1) is 0 Å². The Bertz CT molecular complexity index is 656. The Balaban J connectivity index is 1.54. The molecule has 3 rings (SSSR count). The first-order valence-electron chi connectivity index (χ1n) is 7.99. The number of aromatic nitrogens is 2. The van der Waals surface area contributed by atoms with Gasteiger partial charge in [-0.05, 0) is 31.2 Å². The number of pyridine rings is 2. The summed E-state index contributed by atoms with van der Waals surface area (Å²) in [4.78, 5) is 22.9. The molecule has 7 heteroatoms. The summed E-state index contributed by atoms with van der Waals surface area (Å²) in [5, 5.41) is 5.64. The summed E-state index contributed by atoms with van der Waals surface area (Å²) in [6.45, 7) is 5.00. The van der Waals surface area contributed by atoms with Gasteiger partial charge in [-0.2, -0.15) is 0 Å². The molecule has 1 aliphatic rings. The summed E-state index contributed by atoms with van der Waals surface area (Å²) >= 11 is 0. The quantitative estimate of drug-likeness (QED) is 0.900. The van der Waals surface area contributed by atoms with E-state index in [4.69, 9.17) is 4.74 Å². The molecular weight excluding hydrogens is 306 g/mol. The molecule has 2 aromatic rings. The summed E-state index contributed by atoms with van der Waals surface area (Å²) in [6, 6.07) is 8.92. The molecule has 2 aromatic heterocycles. The summed E-state index contributed by atoms with van der Waals surface area (Å²) < 4.78 is 5.33. The van der Waals surface area contributed by atoms with Crippen LogP contribution in [0.4, 0.5) is 16.3 Å². The van der Waals surface area contributed by atoms with Crippen molar-refractivity contribution in [3.63, 3.8) is 0 Å². The van der Waals surface area contributed by atoms with Crippen molar-refractivity contribution in [1.82, 2.24) is 15.3 Å². The number of nitrogens with one attached hydrogen (secondary N) is 2. The van der Waals surface area contributed by atoms with Crippen LogP contribution in [0.25, 0.3) is 0 Å². The maximum absolute atomic E-state index is 12.1. The van der Waals surface area contributed by atoms with Gasteiger partial charge >= 0.3 is 6.03 Å². The van der Waals surface area contributed by atoms with E-state index in [-0.39, 0.29) is 12.1 Å². The van der Waals surface area contributed by atoms with Crippen LogP contribution in [0.5, 0.6) is 0 Å². The van der Waals surface area contributed by atoms with Crippen LogP contribution in [0.3, 0.4) is 0 Å². The molecule has 24 heavy (non-hydrogen) atoms. The highest BCUT2D eigenvalue weighted by Crippen LogP contribution is 2.16. The Morgan fingerprint density at radius 3 is 2.71 bits per heavy atom. The first-order chi connectivity index (χ1) is 11.7. The number of urea groups is 1. The minimum Gasteiger partial charge on any atom is -0.378 e. The molecule has 126 valence electrons. The molecule has 0 aromatic carbocycles. The maximum atomic E-state index is 12.1. The lowest BCUT2D eigenvalue weighted by molar-refractivity contribution is 0.122. The maximum Gasteiger partial charge on any atom is 0.319 e. The van der Waals surface area contributed by atoms with E-state index in [0.717, 1.165) is 37.8 Å². The van der Waals surface area contributed by atoms with Crippen LogP contribution in [-0.4, -0.2) is 42.3 Å². The van der Waals surface area contributed by atoms with Crippen LogP contribution in [-0.2, 0) is 4.74 Å². The monoisotopic (exact) mass is 327 g/mol. The second kappa shape index (κ2) is 7.74. The predicted octanol–water partition coefficient (Wildman–Crippen LogP) is 2.20. The van der Waals surface area contributed by atoms with Gasteiger partial charge in [-0.3, -0.25) is 4.98 Å². The SMILES string of the molecule is C[C@H](NC(=O)Nc1ccc(N2CCOCC2)nc1)c1ccccn1. The molecule has 0 spiro atoms. The number of hydrogen-bond donors (Lipinski definition) is 2. The van der Waals surface area contributed by atoms with Crippen molar-refractivity contribution in [3.05, 3.63) is 48.4 Å². The van der Waals surface area contributed by atoms with Gasteiger partial charge in [0.05, 0.1) is 36.8 Å². The van der Waals surface area contributed by atoms with Crippen molar-refractivity contribution in [2.45, 2.75) is 13.0 Å². The van der Waals surface area contributed by atoms with Crippen LogP contribution < -0.4 is 15.5 Å². The third kappa shape index (κ3) is 4.20. The predicted molar refractivity (Wildman–Crippen MR) is 92.1 cm³/mol. The van der Waals surface area contributed by atoms with E-state index in [2.05, 4.69) is 25.5 Å². The Morgan fingerprint density at radius 2 is 2.04 bits per heavy atom. The van der Waals surface area contributed by atoms with E-state index in [1.54, 1.807) is 12.4 Å². The van der Waals surface area contributed by atoms with Gasteiger partial charge in [-0.1, -0.05) is 6.07 Å². The molecule has 1 atom stereocenters. The minimum atomic E-state index is -0.283. The van der Waals surface area contributed by atoms with Crippen molar-refractivity contribution >= 4 is 17.5 Å². The van der Waals surface area contributed by atoms with Crippen LogP contribution in [0, 0.1) is 0 Å². The molecule has 1 saturated heterocycles. The van der Waals surface area contributed by atoms with E-state index in [1.807, 2.05) is 37.3 Å². The molecule has 3 heterocycles. The van der Waals surface area contributed by atoms with E-state index >= 15 is 0 Å². The zero-order valence-corrected chi connectivity index (χ0v) is 13.6. The van der Waals surface area contributed by atoms with Crippen LogP contribution in [0.1, 0.15) is 18.7 Å². The minimum absolute atomic E-state index is 0.174. The van der Waals surface area contributed by atoms with E-state index in [0.29, 0.717) is 5.69 Å². The number of morpholine rings is 1. The molecule has 0 radical (unpaired) electrons. The van der Waals surface area contributed by atoms with Crippen molar-refractivity contribution in [1.29, 1.82) is 0 Å². The lowest BCUT2D eigenvalue weighted by Gasteiger charge is -2.27. The fourth-order valence-electron chi connectivity index (χ4n) is 2.51. The van der Waals surface area contributed by atoms with Crippen LogP contribution in [0.2, 0.25) is 0 Å². The number of ether oxygens (including phenoxy) is 1. The van der Waals surface area contributed by atoms with Crippen molar-refractivity contribution in [2.24, 2.45) is 0 Å². The van der Waals surface area contributed by atoms with Gasteiger partial charge in [0.15, 0.2) is 0 Å². The smallest absolute Gasteiger partial charge is 0.319 e. The number of nitrogens with zero attached hydrogens (tertiary/aromatic N) is 3. The second-order valence-corrected chi connectivity index (χ2v) is 5.58. The van der Waals surface area contributed by atoms with E-state index in [9.17, 15) is 4.79 Å². The standard InChI is InChI=1S/C17H21N5O2/c1-13(15-4-2-3-7-18-15)20-17(23)21-14-5-6-16(19-12-14)22-8-10-24-11-9-22/h2-7,12-13H,8-11H2,1H3,(H2,20,21,23)/t13-/m0/s1. The molecule has 7 nitrogen and oxygen atoms in total. The molecular formula is C17H21N5O2. The molecule has 1 aliphatic heterocycles. The highest BCUT2D eigenvalue weighted by Gasteiger charge is 2.13. The van der Waals surface area contributed by atoms with Gasteiger partial charge in [0.2, 0.25) is 0 Å². The first-order valence-corrected chi connectivity index (χ1v) is 7.99. The second-order valence-electron chi connectivity index (χ2n) is 5.58. The molecule has 2 amide bonds. The van der Waals surface area contributed by atoms with Crippen molar-refractivity contribution < 1.29 is 9.53 Å². The summed E-state index contributed by atoms with van der Waals surface area (Å²) in [5.41, 5.74) is 1.46. The summed E-state index contributed by atoms with van der Waals surface area (Å²) in [5.74, 6) is 0.895. The zero-order chi connectivity index (χ0) is 16.8. The van der Waals surface area contributed by atoms with Crippen LogP contribution >= 0.6 is 0 Å². The summed E-state index contributed by atoms with van der Waals surface area (Å²) in [7, 11) is 0. The van der Waals surface area contributed by atoms with Gasteiger partial charge < -0.3 is 20.3 Å². The molecule has 2 N–H and O–H groups in total. The average Bonchev–Trinajstić information content (AvgIpc) is 2.64. The highest BCUT2D eigenvalue weighted by molar-refractivity contribution is 5.89. The van der Waals surface area contributed by atoms with Crippen molar-refractivity contribution in [3.8, 4) is 0 Å². The third-order valence-corrected chi connectivity index (χ3v) is 3.82. The largest absolute Gasteiger partial charge is 0.378 e. The normalized spacial score (nSPS) is 15.6. The topological polar surface area (TPSA) is 79.4 Å². The number of rotatable bonds is 4. The van der Waals surface area contributed by atoms with E-state index in [1.165, 1.54) is 0 Å². The van der Waals surface area contributed by atoms with Gasteiger partial charge in [0.25, 0.3) is 0 Å². The van der Waals surface area contributed by atoms with Gasteiger partial charge in [0, 0.05) is 19.3 Å². The van der Waals surface area contributed by atoms with E-state index < -0.39 is 0 Å². The molecule has 1 fully saturated rings. The summed E-state index contributed by atoms with van der Waals surface area (Å²) in [6.07, 6.45) is 3.37. The highest BCUT2D eigenvalue weighted by atomic mass is 16.5. The average molecular weight is 327 g/mol. The van der Waals surface area contributed by atoms with Crippen LogP contribution in [0.15, 0.2) is 42.7 Å². The Morgan fingerprint density at radius 1 is 1.21 bits per heavy atom. The number of carbonyl (C=O) groups is 1. The molecule has 0 saturated carbocycles. The number of hydrogen-bond acceptors (Lipinski definition) is 5. The fraction of sp³-hybridized carbons (Fsp3) is 0.353. The molecule has 0 unspecified atom stereocenters. The van der Waals surface area contributed by atoms with Crippen molar-refractivity contribution in [2.75, 3.05) is 36.5 Å². The Kier molecular flexibility index (Phi) is 5.22. The first kappa shape index (κ1) is 16.2. The Hall–Kier alpha value is -2.67.